The molecule has 31 heavy (non-hydrogen) atoms. The number of nitrogens with zero attached hydrogens (tertiary/aromatic N) is 4. The summed E-state index contributed by atoms with van der Waals surface area (Å²) in [6.45, 7) is 1.20. The van der Waals surface area contributed by atoms with Gasteiger partial charge in [0.25, 0.3) is 11.5 Å². The van der Waals surface area contributed by atoms with E-state index in [2.05, 4.69) is 15.3 Å². The van der Waals surface area contributed by atoms with Crippen molar-refractivity contribution in [1.82, 2.24) is 24.8 Å². The van der Waals surface area contributed by atoms with E-state index in [9.17, 15) is 23.6 Å². The number of fused-ring (bicyclic) bond motifs is 1. The number of carbonyl (C=O) groups is 2. The molecule has 10 nitrogen and oxygen atoms in total. The van der Waals surface area contributed by atoms with E-state index in [1.807, 2.05) is 4.90 Å². The molecule has 0 aliphatic carbocycles. The first-order chi connectivity index (χ1) is 14.8. The van der Waals surface area contributed by atoms with Crippen LogP contribution in [0.4, 0.5) is 10.1 Å². The van der Waals surface area contributed by atoms with Crippen LogP contribution in [0.1, 0.15) is 15.4 Å². The zero-order valence-corrected chi connectivity index (χ0v) is 17.6. The summed E-state index contributed by atoms with van der Waals surface area (Å²) in [4.78, 5) is 58.6. The molecule has 162 valence electrons. The number of anilines is 1. The number of aromatic nitrogens is 3. The molecule has 0 radical (unpaired) electrons. The SMILES string of the molecule is CNC(=O)c1ccc(N2CCN(Cc3cc4[nH]c(=O)n(C)c(=O)c4s3)CC2=O)c(F)n1. The highest BCUT2D eigenvalue weighted by atomic mass is 32.1. The predicted molar refractivity (Wildman–Crippen MR) is 113 cm³/mol. The van der Waals surface area contributed by atoms with E-state index in [-0.39, 0.29) is 35.9 Å². The molecule has 3 aromatic rings. The minimum Gasteiger partial charge on any atom is -0.354 e. The van der Waals surface area contributed by atoms with Crippen LogP contribution in [0.2, 0.25) is 0 Å². The van der Waals surface area contributed by atoms with E-state index in [1.54, 1.807) is 6.07 Å². The second kappa shape index (κ2) is 8.04. The standard InChI is InChI=1S/C19H19FN6O4S/c1-21-17(28)11-3-4-13(16(20)22-11)26-6-5-25(9-14(26)27)8-10-7-12-15(31-10)18(29)24(2)19(30)23-12/h3-4,7H,5-6,8-9H2,1-2H3,(H,21,28)(H,23,30). The fraction of sp³-hybridized carbons (Fsp3) is 0.316. The Bertz CT molecular complexity index is 1310. The zero-order chi connectivity index (χ0) is 22.3. The van der Waals surface area contributed by atoms with Gasteiger partial charge in [0, 0.05) is 38.6 Å². The molecule has 4 rings (SSSR count). The summed E-state index contributed by atoms with van der Waals surface area (Å²) in [6, 6.07) is 4.48. The molecule has 0 saturated carbocycles. The van der Waals surface area contributed by atoms with Crippen molar-refractivity contribution in [2.45, 2.75) is 6.54 Å². The van der Waals surface area contributed by atoms with Crippen molar-refractivity contribution in [1.29, 1.82) is 0 Å². The summed E-state index contributed by atoms with van der Waals surface area (Å²) >= 11 is 1.27. The number of H-pyrrole nitrogens is 1. The Morgan fingerprint density at radius 2 is 2.06 bits per heavy atom. The van der Waals surface area contributed by atoms with E-state index in [4.69, 9.17) is 0 Å². The number of thiophene rings is 1. The van der Waals surface area contributed by atoms with Crippen LogP contribution in [0, 0.1) is 5.95 Å². The Labute approximate surface area is 178 Å². The first-order valence-corrected chi connectivity index (χ1v) is 10.2. The van der Waals surface area contributed by atoms with E-state index >= 15 is 0 Å². The van der Waals surface area contributed by atoms with Gasteiger partial charge in [0.15, 0.2) is 0 Å². The Morgan fingerprint density at radius 1 is 1.29 bits per heavy atom. The molecule has 1 aliphatic heterocycles. The van der Waals surface area contributed by atoms with Gasteiger partial charge in [0.05, 0.1) is 17.7 Å². The molecule has 4 heterocycles. The molecule has 0 bridgehead atoms. The van der Waals surface area contributed by atoms with Crippen molar-refractivity contribution < 1.29 is 14.0 Å². The van der Waals surface area contributed by atoms with Gasteiger partial charge in [-0.15, -0.1) is 11.3 Å². The van der Waals surface area contributed by atoms with Crippen LogP contribution < -0.4 is 21.5 Å². The predicted octanol–water partition coefficient (Wildman–Crippen LogP) is 0.0308. The van der Waals surface area contributed by atoms with Crippen LogP contribution in [-0.2, 0) is 18.4 Å². The van der Waals surface area contributed by atoms with Crippen LogP contribution in [0.25, 0.3) is 10.2 Å². The molecule has 2 amide bonds. The first-order valence-electron chi connectivity index (χ1n) is 9.41. The molecule has 0 aromatic carbocycles. The molecule has 0 spiro atoms. The lowest BCUT2D eigenvalue weighted by molar-refractivity contribution is -0.121. The maximum atomic E-state index is 14.4. The number of carbonyl (C=O) groups excluding carboxylic acids is 2. The Morgan fingerprint density at radius 3 is 2.74 bits per heavy atom. The van der Waals surface area contributed by atoms with Gasteiger partial charge < -0.3 is 15.2 Å². The quantitative estimate of drug-likeness (QED) is 0.546. The molecular weight excluding hydrogens is 427 g/mol. The third-order valence-electron chi connectivity index (χ3n) is 5.09. The van der Waals surface area contributed by atoms with Crippen LogP contribution in [0.15, 0.2) is 27.8 Å². The molecule has 0 atom stereocenters. The van der Waals surface area contributed by atoms with Crippen molar-refractivity contribution >= 4 is 39.1 Å². The van der Waals surface area contributed by atoms with E-state index in [1.165, 1.54) is 42.5 Å². The number of piperazine rings is 1. The van der Waals surface area contributed by atoms with Gasteiger partial charge in [-0.1, -0.05) is 0 Å². The normalized spacial score (nSPS) is 14.9. The summed E-state index contributed by atoms with van der Waals surface area (Å²) in [5.74, 6) is -1.70. The van der Waals surface area contributed by atoms with Crippen LogP contribution in [0.5, 0.6) is 0 Å². The highest BCUT2D eigenvalue weighted by molar-refractivity contribution is 7.18. The van der Waals surface area contributed by atoms with Gasteiger partial charge in [-0.05, 0) is 18.2 Å². The van der Waals surface area contributed by atoms with Gasteiger partial charge in [-0.2, -0.15) is 4.39 Å². The maximum absolute atomic E-state index is 14.4. The summed E-state index contributed by atoms with van der Waals surface area (Å²) in [5.41, 5.74) is -0.408. The molecule has 2 N–H and O–H groups in total. The number of aromatic amines is 1. The lowest BCUT2D eigenvalue weighted by Crippen LogP contribution is -2.50. The number of pyridine rings is 1. The average molecular weight is 446 g/mol. The average Bonchev–Trinajstić information content (AvgIpc) is 3.14. The molecule has 1 aliphatic rings. The van der Waals surface area contributed by atoms with Gasteiger partial charge in [-0.3, -0.25) is 23.9 Å². The lowest BCUT2D eigenvalue weighted by atomic mass is 10.2. The minimum absolute atomic E-state index is 0.0280. The van der Waals surface area contributed by atoms with Gasteiger partial charge in [0.1, 0.15) is 10.4 Å². The Kier molecular flexibility index (Phi) is 5.41. The summed E-state index contributed by atoms with van der Waals surface area (Å²) < 4.78 is 15.9. The third kappa shape index (κ3) is 3.86. The molecular formula is C19H19FN6O4S. The second-order valence-electron chi connectivity index (χ2n) is 7.09. The monoisotopic (exact) mass is 446 g/mol. The number of hydrogen-bond donors (Lipinski definition) is 2. The topological polar surface area (TPSA) is 120 Å². The fourth-order valence-corrected chi connectivity index (χ4v) is 4.56. The van der Waals surface area contributed by atoms with Crippen LogP contribution in [0.3, 0.4) is 0 Å². The lowest BCUT2D eigenvalue weighted by Gasteiger charge is -2.34. The van der Waals surface area contributed by atoms with Gasteiger partial charge >= 0.3 is 5.69 Å². The van der Waals surface area contributed by atoms with E-state index in [0.717, 1.165) is 9.44 Å². The molecule has 3 aromatic heterocycles. The van der Waals surface area contributed by atoms with Crippen LogP contribution in [-0.4, -0.2) is 57.9 Å². The zero-order valence-electron chi connectivity index (χ0n) is 16.8. The van der Waals surface area contributed by atoms with Gasteiger partial charge in [-0.25, -0.2) is 9.78 Å². The van der Waals surface area contributed by atoms with Crippen molar-refractivity contribution in [2.24, 2.45) is 7.05 Å². The van der Waals surface area contributed by atoms with Crippen molar-refractivity contribution in [3.05, 3.63) is 55.6 Å². The number of nitrogens with one attached hydrogen (secondary N) is 2. The number of halogens is 1. The summed E-state index contributed by atoms with van der Waals surface area (Å²) in [5, 5.41) is 2.37. The van der Waals surface area contributed by atoms with Crippen LogP contribution >= 0.6 is 11.3 Å². The molecule has 1 fully saturated rings. The highest BCUT2D eigenvalue weighted by Crippen LogP contribution is 2.24. The Hall–Kier alpha value is -3.38. The largest absolute Gasteiger partial charge is 0.354 e. The summed E-state index contributed by atoms with van der Waals surface area (Å²) in [6.07, 6.45) is 0. The first kappa shape index (κ1) is 20.9. The maximum Gasteiger partial charge on any atom is 0.328 e. The molecule has 12 heteroatoms. The van der Waals surface area contributed by atoms with Gasteiger partial charge in [0.2, 0.25) is 11.9 Å². The third-order valence-corrected chi connectivity index (χ3v) is 6.19. The Balaban J connectivity index is 1.49. The minimum atomic E-state index is -0.882. The number of rotatable bonds is 4. The number of amides is 2. The number of hydrogen-bond acceptors (Lipinski definition) is 7. The van der Waals surface area contributed by atoms with Crippen molar-refractivity contribution in [2.75, 3.05) is 31.6 Å². The fourth-order valence-electron chi connectivity index (χ4n) is 3.43. The molecule has 0 unspecified atom stereocenters. The smallest absolute Gasteiger partial charge is 0.328 e. The second-order valence-corrected chi connectivity index (χ2v) is 8.23. The van der Waals surface area contributed by atoms with Crippen molar-refractivity contribution in [3.63, 3.8) is 0 Å². The van der Waals surface area contributed by atoms with Crippen molar-refractivity contribution in [3.8, 4) is 0 Å². The van der Waals surface area contributed by atoms with E-state index in [0.29, 0.717) is 23.3 Å². The highest BCUT2D eigenvalue weighted by Gasteiger charge is 2.28. The van der Waals surface area contributed by atoms with E-state index < -0.39 is 17.5 Å². The summed E-state index contributed by atoms with van der Waals surface area (Å²) in [7, 11) is 2.83. The molecule has 1 saturated heterocycles.